The Labute approximate surface area is 207 Å². The predicted octanol–water partition coefficient (Wildman–Crippen LogP) is 2.41. The molecular formula is C17H50B10N2. The van der Waals surface area contributed by atoms with Crippen molar-refractivity contribution in [3.8, 4) is 0 Å². The van der Waals surface area contributed by atoms with Gasteiger partial charge in [0.1, 0.15) is 0 Å². The van der Waals surface area contributed by atoms with Crippen LogP contribution in [-0.4, -0.2) is 122 Å². The first kappa shape index (κ1) is 99.6. The van der Waals surface area contributed by atoms with E-state index in [9.17, 15) is 0 Å². The summed E-state index contributed by atoms with van der Waals surface area (Å²) in [5, 5.41) is 0. The number of hydrogen-bond acceptors (Lipinski definition) is 2. The Balaban J connectivity index is -0.0000000108. The second kappa shape index (κ2) is 89.6. The van der Waals surface area contributed by atoms with E-state index in [1.165, 1.54) is 6.42 Å². The SMILES string of the molecule is C.C.C.C.C.C.CCC(N(CC)CC)N(CC)CC.[B].[B].[B].[B].[B].[B][B].[B][B][B]. The second-order valence-electron chi connectivity index (χ2n) is 3.52. The lowest BCUT2D eigenvalue weighted by Gasteiger charge is -2.37. The molecule has 0 fully saturated rings. The minimum atomic E-state index is 0. The van der Waals surface area contributed by atoms with E-state index in [1.807, 2.05) is 0 Å². The summed E-state index contributed by atoms with van der Waals surface area (Å²) in [4.78, 5) is 5.07. The molecule has 0 atom stereocenters. The van der Waals surface area contributed by atoms with Crippen LogP contribution in [0.5, 0.6) is 0 Å². The van der Waals surface area contributed by atoms with Crippen LogP contribution < -0.4 is 0 Å². The van der Waals surface area contributed by atoms with Crippen molar-refractivity contribution < 1.29 is 0 Å². The van der Waals surface area contributed by atoms with Gasteiger partial charge in [0.2, 0.25) is 0 Å². The summed E-state index contributed by atoms with van der Waals surface area (Å²) < 4.78 is 0. The summed E-state index contributed by atoms with van der Waals surface area (Å²) in [5.74, 6) is 0. The van der Waals surface area contributed by atoms with Gasteiger partial charge in [0.15, 0.2) is 0 Å². The van der Waals surface area contributed by atoms with E-state index in [0.29, 0.717) is 6.17 Å². The molecule has 0 aromatic heterocycles. The van der Waals surface area contributed by atoms with E-state index in [0.717, 1.165) is 33.2 Å². The average molecular weight is 391 g/mol. The van der Waals surface area contributed by atoms with Crippen molar-refractivity contribution >= 4 is 80.1 Å². The van der Waals surface area contributed by atoms with Crippen LogP contribution in [-0.2, 0) is 0 Å². The molecule has 158 valence electrons. The summed E-state index contributed by atoms with van der Waals surface area (Å²) in [7, 11) is 18.0. The zero-order chi connectivity index (χ0) is 15.0. The molecule has 0 aromatic rings. The van der Waals surface area contributed by atoms with E-state index in [1.54, 1.807) is 0 Å². The van der Waals surface area contributed by atoms with Crippen molar-refractivity contribution in [1.82, 2.24) is 9.80 Å². The van der Waals surface area contributed by atoms with Crippen LogP contribution >= 0.6 is 0 Å². The van der Waals surface area contributed by atoms with Gasteiger partial charge >= 0.3 is 0 Å². The molecule has 0 rings (SSSR count). The maximum atomic E-state index is 4.50. The molecule has 0 aliphatic carbocycles. The van der Waals surface area contributed by atoms with Gasteiger partial charge in [0, 0.05) is 80.1 Å². The molecule has 0 heterocycles. The Hall–Kier alpha value is 0.569. The third kappa shape index (κ3) is 58.5. The van der Waals surface area contributed by atoms with Crippen molar-refractivity contribution in [2.24, 2.45) is 0 Å². The van der Waals surface area contributed by atoms with Crippen LogP contribution in [0.1, 0.15) is 85.6 Å². The Morgan fingerprint density at radius 1 is 0.552 bits per heavy atom. The fourth-order valence-electron chi connectivity index (χ4n) is 2.04. The molecule has 0 saturated carbocycles. The lowest BCUT2D eigenvalue weighted by atomic mass is 9.40. The van der Waals surface area contributed by atoms with Gasteiger partial charge in [-0.2, -0.15) is 0 Å². The van der Waals surface area contributed by atoms with E-state index < -0.39 is 0 Å². The molecule has 0 spiro atoms. The summed E-state index contributed by atoms with van der Waals surface area (Å²) >= 11 is 0. The summed E-state index contributed by atoms with van der Waals surface area (Å²) in [6.07, 6.45) is 1.87. The van der Waals surface area contributed by atoms with Crippen LogP contribution in [0, 0.1) is 0 Å². The summed E-state index contributed by atoms with van der Waals surface area (Å²) in [6.45, 7) is 15.9. The molecule has 2 nitrogen and oxygen atoms in total. The van der Waals surface area contributed by atoms with Gasteiger partial charge in [-0.05, 0) is 32.6 Å². The first-order chi connectivity index (χ1) is 8.66. The highest BCUT2D eigenvalue weighted by Gasteiger charge is 2.18. The maximum absolute atomic E-state index is 4.50. The lowest BCUT2D eigenvalue weighted by molar-refractivity contribution is 0.0539. The maximum Gasteiger partial charge on any atom is 0.0619 e. The molecule has 0 aliphatic heterocycles. The van der Waals surface area contributed by atoms with Gasteiger partial charge in [-0.25, -0.2) is 0 Å². The number of hydrogen-bond donors (Lipinski definition) is 0. The molecule has 12 heteroatoms. The highest BCUT2D eigenvalue weighted by molar-refractivity contribution is 7.17. The monoisotopic (exact) mass is 392 g/mol. The molecule has 0 aliphatic rings. The molecule has 0 saturated heterocycles. The minimum Gasteiger partial charge on any atom is -0.288 e. The smallest absolute Gasteiger partial charge is 0.0619 e. The van der Waals surface area contributed by atoms with E-state index >= 15 is 0 Å². The van der Waals surface area contributed by atoms with Crippen LogP contribution in [0.25, 0.3) is 0 Å². The summed E-state index contributed by atoms with van der Waals surface area (Å²) in [5.41, 5.74) is 0. The fourth-order valence-corrected chi connectivity index (χ4v) is 2.04. The minimum absolute atomic E-state index is 0. The first-order valence-electron chi connectivity index (χ1n) is 6.73. The van der Waals surface area contributed by atoms with E-state index in [4.69, 9.17) is 0 Å². The molecule has 0 unspecified atom stereocenters. The van der Waals surface area contributed by atoms with E-state index in [-0.39, 0.29) is 86.6 Å². The van der Waals surface area contributed by atoms with Gasteiger partial charge in [-0.3, -0.25) is 9.80 Å². The lowest BCUT2D eigenvalue weighted by Crippen LogP contribution is -2.47. The van der Waals surface area contributed by atoms with Gasteiger partial charge in [0.25, 0.3) is 0 Å². The summed E-state index contributed by atoms with van der Waals surface area (Å²) in [6, 6.07) is 0. The normalized spacial score (nSPS) is 5.93. The van der Waals surface area contributed by atoms with Crippen LogP contribution in [0.4, 0.5) is 0 Å². The van der Waals surface area contributed by atoms with Crippen LogP contribution in [0.3, 0.4) is 0 Å². The zero-order valence-electron chi connectivity index (χ0n) is 15.8. The van der Waals surface area contributed by atoms with Crippen molar-refractivity contribution in [3.63, 3.8) is 0 Å². The molecule has 0 bridgehead atoms. The molecular weight excluding hydrogens is 340 g/mol. The van der Waals surface area contributed by atoms with Gasteiger partial charge in [-0.15, -0.1) is 0 Å². The molecule has 0 N–H and O–H groups in total. The number of rotatable bonds is 7. The van der Waals surface area contributed by atoms with Gasteiger partial charge in [0.05, 0.1) is 6.17 Å². The fraction of sp³-hybridized carbons (Fsp3) is 1.00. The van der Waals surface area contributed by atoms with Crippen molar-refractivity contribution in [2.75, 3.05) is 26.2 Å². The largest absolute Gasteiger partial charge is 0.288 e. The zero-order valence-corrected chi connectivity index (χ0v) is 15.8. The molecule has 24 radical (unpaired) electrons. The third-order valence-electron chi connectivity index (χ3n) is 2.83. The average Bonchev–Trinajstić information content (AvgIpc) is 2.42. The molecule has 29 heavy (non-hydrogen) atoms. The Morgan fingerprint density at radius 3 is 0.759 bits per heavy atom. The van der Waals surface area contributed by atoms with Gasteiger partial charge in [-0.1, -0.05) is 79.2 Å². The Kier molecular flexibility index (Phi) is 308. The Morgan fingerprint density at radius 2 is 0.690 bits per heavy atom. The molecule has 0 amide bonds. The predicted molar refractivity (Wildman–Crippen MR) is 158 cm³/mol. The highest BCUT2D eigenvalue weighted by atomic mass is 15.3. The van der Waals surface area contributed by atoms with Crippen molar-refractivity contribution in [1.29, 1.82) is 0 Å². The van der Waals surface area contributed by atoms with Crippen molar-refractivity contribution in [2.45, 2.75) is 91.8 Å². The van der Waals surface area contributed by atoms with E-state index in [2.05, 4.69) is 75.4 Å². The van der Waals surface area contributed by atoms with Gasteiger partial charge < -0.3 is 0 Å². The topological polar surface area (TPSA) is 6.48 Å². The Bertz CT molecular complexity index is 133. The first-order valence-corrected chi connectivity index (χ1v) is 6.73. The van der Waals surface area contributed by atoms with Crippen LogP contribution in [0.2, 0.25) is 0 Å². The molecule has 0 aromatic carbocycles. The van der Waals surface area contributed by atoms with Crippen LogP contribution in [0.15, 0.2) is 0 Å². The quantitative estimate of drug-likeness (QED) is 0.486. The van der Waals surface area contributed by atoms with Crippen molar-refractivity contribution in [3.05, 3.63) is 0 Å². The second-order valence-corrected chi connectivity index (χ2v) is 3.52. The number of nitrogens with zero attached hydrogens (tertiary/aromatic N) is 2. The highest BCUT2D eigenvalue weighted by Crippen LogP contribution is 2.09. The standard InChI is InChI=1S/C11H26N2.6CH4.B3.B2.5B/c1-6-11(12(7-2)8-3)13(9-4)10-5;;;;;;;1-3-2;1-2;;;;;/h11H,6-10H2,1-5H3;6*1H4;;;;;;;. The third-order valence-corrected chi connectivity index (χ3v) is 2.83.